The molecule has 0 saturated carbocycles. The molecule has 0 aromatic heterocycles. The molecular formula is C23H23Cl2N. The van der Waals surface area contributed by atoms with Gasteiger partial charge in [-0.25, -0.2) is 0 Å². The molecule has 0 aliphatic carbocycles. The number of hydrogen-bond donors (Lipinski definition) is 1. The fourth-order valence-electron chi connectivity index (χ4n) is 2.87. The van der Waals surface area contributed by atoms with Crippen molar-refractivity contribution in [1.82, 2.24) is 5.32 Å². The molecule has 3 aromatic carbocycles. The van der Waals surface area contributed by atoms with Crippen molar-refractivity contribution in [1.29, 1.82) is 0 Å². The number of hydrogen-bond acceptors (Lipinski definition) is 1. The van der Waals surface area contributed by atoms with Crippen LogP contribution in [0, 0.1) is 0 Å². The Bertz CT molecular complexity index is 788. The van der Waals surface area contributed by atoms with E-state index >= 15 is 0 Å². The highest BCUT2D eigenvalue weighted by molar-refractivity contribution is 6.30. The van der Waals surface area contributed by atoms with Gasteiger partial charge in [-0.3, -0.25) is 0 Å². The summed E-state index contributed by atoms with van der Waals surface area (Å²) in [5.74, 6) is 0. The van der Waals surface area contributed by atoms with Gasteiger partial charge in [-0.2, -0.15) is 0 Å². The fourth-order valence-corrected chi connectivity index (χ4v) is 3.07. The van der Waals surface area contributed by atoms with Crippen LogP contribution in [0.5, 0.6) is 0 Å². The lowest BCUT2D eigenvalue weighted by molar-refractivity contribution is 0.618. The summed E-state index contributed by atoms with van der Waals surface area (Å²) in [5, 5.41) is 4.34. The maximum absolute atomic E-state index is 6.09. The molecule has 0 fully saturated rings. The third-order valence-electron chi connectivity index (χ3n) is 4.25. The molecule has 3 aromatic rings. The van der Waals surface area contributed by atoms with Crippen molar-refractivity contribution in [3.63, 3.8) is 0 Å². The summed E-state index contributed by atoms with van der Waals surface area (Å²) in [5.41, 5.74) is 4.89. The topological polar surface area (TPSA) is 12.0 Å². The van der Waals surface area contributed by atoms with Crippen LogP contribution in [0.25, 0.3) is 5.57 Å². The van der Waals surface area contributed by atoms with Crippen molar-refractivity contribution in [3.05, 3.63) is 113 Å². The standard InChI is InChI=1S/C23H22ClN.ClH/c1-18(21-13-8-14-22(24)17-21)25-16-15-23(19-9-4-2-5-10-19)20-11-6-3-7-12-20;/h2-15,17-18,25H,16H2,1H3;1H/t18-;/m1./s1. The zero-order valence-corrected chi connectivity index (χ0v) is 16.3. The molecule has 1 atom stereocenters. The Morgan fingerprint density at radius 1 is 0.885 bits per heavy atom. The van der Waals surface area contributed by atoms with E-state index in [1.54, 1.807) is 0 Å². The molecule has 0 aliphatic heterocycles. The fraction of sp³-hybridized carbons (Fsp3) is 0.130. The van der Waals surface area contributed by atoms with Crippen molar-refractivity contribution in [3.8, 4) is 0 Å². The molecule has 0 heterocycles. The van der Waals surface area contributed by atoms with Crippen molar-refractivity contribution in [2.45, 2.75) is 13.0 Å². The van der Waals surface area contributed by atoms with Crippen LogP contribution in [0.2, 0.25) is 5.02 Å². The molecule has 0 aliphatic rings. The first-order chi connectivity index (χ1) is 12.2. The molecule has 3 rings (SSSR count). The van der Waals surface area contributed by atoms with E-state index in [1.807, 2.05) is 30.3 Å². The minimum Gasteiger partial charge on any atom is -0.307 e. The van der Waals surface area contributed by atoms with Crippen molar-refractivity contribution < 1.29 is 0 Å². The monoisotopic (exact) mass is 383 g/mol. The van der Waals surface area contributed by atoms with Crippen LogP contribution in [0.4, 0.5) is 0 Å². The normalized spacial score (nSPS) is 11.3. The molecule has 26 heavy (non-hydrogen) atoms. The number of rotatable bonds is 6. The smallest absolute Gasteiger partial charge is 0.0409 e. The second-order valence-electron chi connectivity index (χ2n) is 6.03. The SMILES string of the molecule is C[C@@H](NCC=C(c1ccccc1)c1ccccc1)c1cccc(Cl)c1.Cl. The summed E-state index contributed by atoms with van der Waals surface area (Å²) in [7, 11) is 0. The van der Waals surface area contributed by atoms with E-state index in [0.29, 0.717) is 0 Å². The Balaban J connectivity index is 0.00000243. The largest absolute Gasteiger partial charge is 0.307 e. The van der Waals surface area contributed by atoms with E-state index in [2.05, 4.69) is 72.9 Å². The first-order valence-corrected chi connectivity index (χ1v) is 8.91. The van der Waals surface area contributed by atoms with Crippen LogP contribution < -0.4 is 5.32 Å². The van der Waals surface area contributed by atoms with E-state index < -0.39 is 0 Å². The average Bonchev–Trinajstić information content (AvgIpc) is 2.66. The molecule has 0 bridgehead atoms. The second kappa shape index (κ2) is 10.2. The summed E-state index contributed by atoms with van der Waals surface area (Å²) in [6.45, 7) is 2.94. The molecule has 0 radical (unpaired) electrons. The number of nitrogens with one attached hydrogen (secondary N) is 1. The van der Waals surface area contributed by atoms with Gasteiger partial charge in [0.2, 0.25) is 0 Å². The average molecular weight is 384 g/mol. The van der Waals surface area contributed by atoms with Crippen LogP contribution in [-0.2, 0) is 0 Å². The predicted octanol–water partition coefficient (Wildman–Crippen LogP) is 6.54. The third kappa shape index (κ3) is 5.47. The number of benzene rings is 3. The lowest BCUT2D eigenvalue weighted by atomic mass is 9.97. The maximum atomic E-state index is 6.09. The summed E-state index contributed by atoms with van der Waals surface area (Å²) < 4.78 is 0. The van der Waals surface area contributed by atoms with Gasteiger partial charge < -0.3 is 5.32 Å². The van der Waals surface area contributed by atoms with Crippen LogP contribution >= 0.6 is 24.0 Å². The quantitative estimate of drug-likeness (QED) is 0.509. The van der Waals surface area contributed by atoms with Gasteiger partial charge in [-0.05, 0) is 41.3 Å². The maximum Gasteiger partial charge on any atom is 0.0409 e. The van der Waals surface area contributed by atoms with Crippen molar-refractivity contribution >= 4 is 29.6 Å². The summed E-state index contributed by atoms with van der Waals surface area (Å²) in [4.78, 5) is 0. The molecule has 0 saturated heterocycles. The lowest BCUT2D eigenvalue weighted by Gasteiger charge is -2.14. The highest BCUT2D eigenvalue weighted by atomic mass is 35.5. The Morgan fingerprint density at radius 3 is 2.00 bits per heavy atom. The van der Waals surface area contributed by atoms with Crippen LogP contribution in [0.15, 0.2) is 91.0 Å². The highest BCUT2D eigenvalue weighted by Crippen LogP contribution is 2.23. The van der Waals surface area contributed by atoms with E-state index in [-0.39, 0.29) is 18.4 Å². The van der Waals surface area contributed by atoms with Crippen LogP contribution in [0.3, 0.4) is 0 Å². The van der Waals surface area contributed by atoms with E-state index in [4.69, 9.17) is 11.6 Å². The predicted molar refractivity (Wildman–Crippen MR) is 115 cm³/mol. The second-order valence-corrected chi connectivity index (χ2v) is 6.47. The molecular weight excluding hydrogens is 361 g/mol. The van der Waals surface area contributed by atoms with Gasteiger partial charge >= 0.3 is 0 Å². The van der Waals surface area contributed by atoms with Gasteiger partial charge in [-0.1, -0.05) is 90.5 Å². The zero-order valence-electron chi connectivity index (χ0n) is 14.7. The Morgan fingerprint density at radius 2 is 1.46 bits per heavy atom. The Kier molecular flexibility index (Phi) is 7.93. The van der Waals surface area contributed by atoms with Gasteiger partial charge in [0.25, 0.3) is 0 Å². The van der Waals surface area contributed by atoms with Crippen LogP contribution in [0.1, 0.15) is 29.7 Å². The molecule has 1 nitrogen and oxygen atoms in total. The van der Waals surface area contributed by atoms with Crippen molar-refractivity contribution in [2.75, 3.05) is 6.54 Å². The van der Waals surface area contributed by atoms with Gasteiger partial charge in [0, 0.05) is 17.6 Å². The molecule has 1 N–H and O–H groups in total. The molecule has 0 spiro atoms. The van der Waals surface area contributed by atoms with E-state index in [0.717, 1.165) is 11.6 Å². The molecule has 0 unspecified atom stereocenters. The van der Waals surface area contributed by atoms with E-state index in [1.165, 1.54) is 22.3 Å². The molecule has 3 heteroatoms. The van der Waals surface area contributed by atoms with E-state index in [9.17, 15) is 0 Å². The van der Waals surface area contributed by atoms with Gasteiger partial charge in [-0.15, -0.1) is 12.4 Å². The Labute approximate surface area is 167 Å². The Hall–Kier alpha value is -2.06. The number of halogens is 2. The molecule has 134 valence electrons. The molecule has 0 amide bonds. The lowest BCUT2D eigenvalue weighted by Crippen LogP contribution is -2.18. The van der Waals surface area contributed by atoms with Gasteiger partial charge in [0.1, 0.15) is 0 Å². The van der Waals surface area contributed by atoms with Gasteiger partial charge in [0.15, 0.2) is 0 Å². The summed E-state index contributed by atoms with van der Waals surface area (Å²) >= 11 is 6.09. The van der Waals surface area contributed by atoms with Crippen LogP contribution in [-0.4, -0.2) is 6.54 Å². The van der Waals surface area contributed by atoms with Crippen molar-refractivity contribution in [2.24, 2.45) is 0 Å². The summed E-state index contributed by atoms with van der Waals surface area (Å²) in [6, 6.07) is 29.3. The first-order valence-electron chi connectivity index (χ1n) is 8.54. The first kappa shape index (κ1) is 20.3. The summed E-state index contributed by atoms with van der Waals surface area (Å²) in [6.07, 6.45) is 2.26. The minimum atomic E-state index is 0. The van der Waals surface area contributed by atoms with Gasteiger partial charge in [0.05, 0.1) is 0 Å². The zero-order chi connectivity index (χ0) is 17.5. The minimum absolute atomic E-state index is 0. The highest BCUT2D eigenvalue weighted by Gasteiger charge is 2.06. The third-order valence-corrected chi connectivity index (χ3v) is 4.48.